The fourth-order valence-corrected chi connectivity index (χ4v) is 3.52. The Kier molecular flexibility index (Phi) is 9.01. The van der Waals surface area contributed by atoms with Crippen molar-refractivity contribution in [1.82, 2.24) is 10.6 Å². The quantitative estimate of drug-likeness (QED) is 0.359. The molecule has 2 aromatic carbocycles. The van der Waals surface area contributed by atoms with Crippen LogP contribution < -0.4 is 16.4 Å². The summed E-state index contributed by atoms with van der Waals surface area (Å²) in [4.78, 5) is 0. The van der Waals surface area contributed by atoms with E-state index in [9.17, 15) is 0 Å². The van der Waals surface area contributed by atoms with Crippen LogP contribution in [-0.2, 0) is 6.42 Å². The van der Waals surface area contributed by atoms with E-state index in [1.54, 1.807) is 0 Å². The maximum Gasteiger partial charge on any atom is 0.0573 e. The predicted molar refractivity (Wildman–Crippen MR) is 128 cm³/mol. The Balaban J connectivity index is 2.25. The predicted octanol–water partition coefficient (Wildman–Crippen LogP) is 5.33. The molecule has 0 spiro atoms. The molecule has 156 valence electrons. The monoisotopic (exact) mass is 391 g/mol. The van der Waals surface area contributed by atoms with E-state index in [1.807, 2.05) is 7.05 Å². The molecule has 3 heteroatoms. The minimum Gasteiger partial charge on any atom is -0.386 e. The van der Waals surface area contributed by atoms with Crippen molar-refractivity contribution in [3.63, 3.8) is 0 Å². The number of nitrogens with two attached hydrogens (primary N) is 1. The van der Waals surface area contributed by atoms with Crippen LogP contribution in [-0.4, -0.2) is 20.1 Å². The van der Waals surface area contributed by atoms with Gasteiger partial charge in [0.15, 0.2) is 0 Å². The molecule has 3 nitrogen and oxygen atoms in total. The summed E-state index contributed by atoms with van der Waals surface area (Å²) in [5.41, 5.74) is 15.3. The second kappa shape index (κ2) is 11.5. The summed E-state index contributed by atoms with van der Waals surface area (Å²) in [5.74, 6) is 0. The average molecular weight is 392 g/mol. The van der Waals surface area contributed by atoms with Gasteiger partial charge in [0, 0.05) is 13.6 Å². The Morgan fingerprint density at radius 2 is 1.76 bits per heavy atom. The Morgan fingerprint density at radius 3 is 2.38 bits per heavy atom. The third-order valence-corrected chi connectivity index (χ3v) is 5.34. The zero-order valence-corrected chi connectivity index (χ0v) is 18.6. The maximum absolute atomic E-state index is 5.56. The first-order valence-electron chi connectivity index (χ1n) is 10.7. The number of benzene rings is 2. The lowest BCUT2D eigenvalue weighted by Gasteiger charge is -2.17. The highest BCUT2D eigenvalue weighted by molar-refractivity contribution is 5.72. The van der Waals surface area contributed by atoms with Gasteiger partial charge in [-0.1, -0.05) is 61.9 Å². The molecule has 0 saturated heterocycles. The third-order valence-electron chi connectivity index (χ3n) is 5.34. The molecule has 2 rings (SSSR count). The smallest absolute Gasteiger partial charge is 0.0573 e. The first-order valence-corrected chi connectivity index (χ1v) is 10.7. The first-order chi connectivity index (χ1) is 14.0. The van der Waals surface area contributed by atoms with Gasteiger partial charge < -0.3 is 16.4 Å². The van der Waals surface area contributed by atoms with Crippen LogP contribution in [0, 0.1) is 13.8 Å². The molecule has 0 atom stereocenters. The van der Waals surface area contributed by atoms with Crippen LogP contribution in [0.15, 0.2) is 54.4 Å². The van der Waals surface area contributed by atoms with E-state index in [4.69, 9.17) is 5.73 Å². The summed E-state index contributed by atoms with van der Waals surface area (Å²) >= 11 is 0. The largest absolute Gasteiger partial charge is 0.386 e. The molecule has 0 fully saturated rings. The zero-order valence-electron chi connectivity index (χ0n) is 18.6. The second-order valence-electron chi connectivity index (χ2n) is 7.65. The van der Waals surface area contributed by atoms with E-state index in [1.165, 1.54) is 33.4 Å². The highest BCUT2D eigenvalue weighted by Crippen LogP contribution is 2.28. The van der Waals surface area contributed by atoms with E-state index in [-0.39, 0.29) is 0 Å². The van der Waals surface area contributed by atoms with Crippen molar-refractivity contribution in [2.24, 2.45) is 5.73 Å². The maximum atomic E-state index is 5.56. The van der Waals surface area contributed by atoms with Crippen molar-refractivity contribution in [3.8, 4) is 11.1 Å². The summed E-state index contributed by atoms with van der Waals surface area (Å²) in [6.07, 6.45) is 6.55. The molecule has 0 aliphatic rings. The normalized spacial score (nSPS) is 11.4. The van der Waals surface area contributed by atoms with E-state index in [0.717, 1.165) is 50.2 Å². The minimum atomic E-state index is 0.764. The Labute approximate surface area is 177 Å². The van der Waals surface area contributed by atoms with Gasteiger partial charge in [0.05, 0.1) is 11.4 Å². The van der Waals surface area contributed by atoms with E-state index >= 15 is 0 Å². The van der Waals surface area contributed by atoms with Gasteiger partial charge in [-0.25, -0.2) is 0 Å². The number of hydrogen-bond acceptors (Lipinski definition) is 3. The Morgan fingerprint density at radius 1 is 1.03 bits per heavy atom. The first kappa shape index (κ1) is 22.8. The molecule has 0 radical (unpaired) electrons. The number of hydrogen-bond donors (Lipinski definition) is 3. The molecule has 4 N–H and O–H groups in total. The van der Waals surface area contributed by atoms with Gasteiger partial charge in [-0.15, -0.1) is 0 Å². The van der Waals surface area contributed by atoms with Gasteiger partial charge in [-0.3, -0.25) is 0 Å². The van der Waals surface area contributed by atoms with Crippen molar-refractivity contribution in [2.75, 3.05) is 20.1 Å². The fraction of sp³-hybridized carbons (Fsp3) is 0.385. The molecule has 0 unspecified atom stereocenters. The lowest BCUT2D eigenvalue weighted by molar-refractivity contribution is 0.649. The Bertz CT molecular complexity index is 832. The molecule has 0 bridgehead atoms. The standard InChI is InChI=1S/C26H37N3/c1-6-22-17-24(23-12-10-19(2)11-13-23)16-20(3)25(22)18-26(28-5)21(4)29-15-9-7-8-14-27/h10-13,16-18,28-29H,4,6-9,14-15,27H2,1-3,5H3/b26-18-. The lowest BCUT2D eigenvalue weighted by atomic mass is 9.92. The highest BCUT2D eigenvalue weighted by atomic mass is 15.0. The van der Waals surface area contributed by atoms with Crippen molar-refractivity contribution in [2.45, 2.75) is 46.5 Å². The summed E-state index contributed by atoms with van der Waals surface area (Å²) < 4.78 is 0. The molecule has 0 saturated carbocycles. The highest BCUT2D eigenvalue weighted by Gasteiger charge is 2.09. The molecular formula is C26H37N3. The van der Waals surface area contributed by atoms with Gasteiger partial charge in [-0.05, 0) is 73.5 Å². The molecule has 0 aliphatic heterocycles. The van der Waals surface area contributed by atoms with Crippen molar-refractivity contribution in [1.29, 1.82) is 0 Å². The molecule has 0 aliphatic carbocycles. The number of nitrogens with one attached hydrogen (secondary N) is 2. The molecule has 0 heterocycles. The summed E-state index contributed by atoms with van der Waals surface area (Å²) in [6.45, 7) is 12.5. The van der Waals surface area contributed by atoms with Crippen LogP contribution >= 0.6 is 0 Å². The van der Waals surface area contributed by atoms with Crippen LogP contribution in [0.25, 0.3) is 17.2 Å². The lowest BCUT2D eigenvalue weighted by Crippen LogP contribution is -2.21. The number of unbranched alkanes of at least 4 members (excludes halogenated alkanes) is 2. The summed E-state index contributed by atoms with van der Waals surface area (Å²) in [7, 11) is 1.95. The number of rotatable bonds is 11. The summed E-state index contributed by atoms with van der Waals surface area (Å²) in [5, 5.41) is 6.76. The van der Waals surface area contributed by atoms with E-state index in [2.05, 4.69) is 80.5 Å². The fourth-order valence-electron chi connectivity index (χ4n) is 3.52. The van der Waals surface area contributed by atoms with E-state index in [0.29, 0.717) is 0 Å². The van der Waals surface area contributed by atoms with Gasteiger partial charge in [0.25, 0.3) is 0 Å². The molecule has 2 aromatic rings. The topological polar surface area (TPSA) is 50.1 Å². The molecule has 0 aromatic heterocycles. The van der Waals surface area contributed by atoms with E-state index < -0.39 is 0 Å². The summed E-state index contributed by atoms with van der Waals surface area (Å²) in [6, 6.07) is 13.4. The SMILES string of the molecule is C=C(NCCCCCN)/C(=C/c1c(C)cc(-c2ccc(C)cc2)cc1CC)NC. The Hall–Kier alpha value is -2.52. The van der Waals surface area contributed by atoms with Gasteiger partial charge in [0.2, 0.25) is 0 Å². The van der Waals surface area contributed by atoms with Crippen molar-refractivity contribution < 1.29 is 0 Å². The number of likely N-dealkylation sites (N-methyl/N-ethyl adjacent to an activating group) is 1. The van der Waals surface area contributed by atoms with Gasteiger partial charge in [-0.2, -0.15) is 0 Å². The third kappa shape index (κ3) is 6.50. The van der Waals surface area contributed by atoms with Crippen LogP contribution in [0.5, 0.6) is 0 Å². The van der Waals surface area contributed by atoms with Gasteiger partial charge >= 0.3 is 0 Å². The van der Waals surface area contributed by atoms with Crippen molar-refractivity contribution >= 4 is 6.08 Å². The second-order valence-corrected chi connectivity index (χ2v) is 7.65. The minimum absolute atomic E-state index is 0.764. The number of aryl methyl sites for hydroxylation is 3. The van der Waals surface area contributed by atoms with Crippen LogP contribution in [0.3, 0.4) is 0 Å². The van der Waals surface area contributed by atoms with Crippen LogP contribution in [0.2, 0.25) is 0 Å². The van der Waals surface area contributed by atoms with Crippen molar-refractivity contribution in [3.05, 3.63) is 76.6 Å². The molecular weight excluding hydrogens is 354 g/mol. The van der Waals surface area contributed by atoms with Crippen LogP contribution in [0.4, 0.5) is 0 Å². The molecule has 29 heavy (non-hydrogen) atoms. The average Bonchev–Trinajstić information content (AvgIpc) is 2.72. The molecule has 0 amide bonds. The van der Waals surface area contributed by atoms with Gasteiger partial charge in [0.1, 0.15) is 0 Å². The van der Waals surface area contributed by atoms with Crippen LogP contribution in [0.1, 0.15) is 48.4 Å². The zero-order chi connectivity index (χ0) is 21.2.